The van der Waals surface area contributed by atoms with Crippen molar-refractivity contribution >= 4 is 11.6 Å². The molecule has 0 saturated carbocycles. The first-order valence-electron chi connectivity index (χ1n) is 5.08. The van der Waals surface area contributed by atoms with E-state index in [0.29, 0.717) is 0 Å². The number of para-hydroxylation sites is 1. The quantitative estimate of drug-likeness (QED) is 0.740. The molecule has 0 fully saturated rings. The van der Waals surface area contributed by atoms with Crippen LogP contribution in [0.3, 0.4) is 0 Å². The SMILES string of the molecule is Fc1ccccc1Oc1c(F)cc(CCl)cc1F. The Kier molecular flexibility index (Phi) is 3.77. The fourth-order valence-electron chi connectivity index (χ4n) is 1.42. The number of rotatable bonds is 3. The lowest BCUT2D eigenvalue weighted by Crippen LogP contribution is -1.96. The molecule has 5 heteroatoms. The van der Waals surface area contributed by atoms with E-state index >= 15 is 0 Å². The second-order valence-corrected chi connectivity index (χ2v) is 3.82. The van der Waals surface area contributed by atoms with Crippen LogP contribution in [0.5, 0.6) is 11.5 Å². The first-order valence-corrected chi connectivity index (χ1v) is 5.61. The average molecular weight is 273 g/mol. The molecule has 94 valence electrons. The second kappa shape index (κ2) is 5.31. The number of hydrogen-bond acceptors (Lipinski definition) is 1. The lowest BCUT2D eigenvalue weighted by molar-refractivity contribution is 0.387. The summed E-state index contributed by atoms with van der Waals surface area (Å²) >= 11 is 5.47. The fourth-order valence-corrected chi connectivity index (χ4v) is 1.58. The van der Waals surface area contributed by atoms with Crippen LogP contribution in [0, 0.1) is 17.5 Å². The van der Waals surface area contributed by atoms with Crippen molar-refractivity contribution in [3.63, 3.8) is 0 Å². The zero-order valence-corrected chi connectivity index (χ0v) is 9.85. The molecule has 2 rings (SSSR count). The monoisotopic (exact) mass is 272 g/mol. The van der Waals surface area contributed by atoms with Gasteiger partial charge in [-0.15, -0.1) is 11.6 Å². The summed E-state index contributed by atoms with van der Waals surface area (Å²) in [4.78, 5) is 0. The number of hydrogen-bond donors (Lipinski definition) is 0. The molecule has 0 spiro atoms. The Morgan fingerprint density at radius 3 is 2.11 bits per heavy atom. The van der Waals surface area contributed by atoms with Gasteiger partial charge < -0.3 is 4.74 Å². The van der Waals surface area contributed by atoms with Crippen LogP contribution in [0.25, 0.3) is 0 Å². The normalized spacial score (nSPS) is 10.4. The van der Waals surface area contributed by atoms with Crippen molar-refractivity contribution in [1.29, 1.82) is 0 Å². The average Bonchev–Trinajstić information content (AvgIpc) is 2.35. The van der Waals surface area contributed by atoms with Gasteiger partial charge in [-0.05, 0) is 29.8 Å². The highest BCUT2D eigenvalue weighted by molar-refractivity contribution is 6.17. The molecule has 0 bridgehead atoms. The predicted molar refractivity (Wildman–Crippen MR) is 62.4 cm³/mol. The van der Waals surface area contributed by atoms with Gasteiger partial charge in [-0.1, -0.05) is 12.1 Å². The van der Waals surface area contributed by atoms with E-state index in [1.165, 1.54) is 18.2 Å². The van der Waals surface area contributed by atoms with Crippen LogP contribution in [-0.4, -0.2) is 0 Å². The molecule has 0 aliphatic carbocycles. The highest BCUT2D eigenvalue weighted by Crippen LogP contribution is 2.30. The van der Waals surface area contributed by atoms with Crippen molar-refractivity contribution in [2.75, 3.05) is 0 Å². The molecule has 0 radical (unpaired) electrons. The first kappa shape index (κ1) is 12.8. The van der Waals surface area contributed by atoms with Crippen LogP contribution < -0.4 is 4.74 Å². The van der Waals surface area contributed by atoms with E-state index in [9.17, 15) is 13.2 Å². The van der Waals surface area contributed by atoms with E-state index < -0.39 is 23.2 Å². The third kappa shape index (κ3) is 2.59. The zero-order chi connectivity index (χ0) is 13.1. The van der Waals surface area contributed by atoms with Gasteiger partial charge in [0.1, 0.15) is 0 Å². The van der Waals surface area contributed by atoms with E-state index in [-0.39, 0.29) is 17.2 Å². The summed E-state index contributed by atoms with van der Waals surface area (Å²) in [6.45, 7) is 0. The van der Waals surface area contributed by atoms with Crippen LogP contribution in [0.1, 0.15) is 5.56 Å². The van der Waals surface area contributed by atoms with Crippen LogP contribution in [-0.2, 0) is 5.88 Å². The van der Waals surface area contributed by atoms with Crippen molar-refractivity contribution < 1.29 is 17.9 Å². The van der Waals surface area contributed by atoms with Crippen LogP contribution in [0.4, 0.5) is 13.2 Å². The topological polar surface area (TPSA) is 9.23 Å². The number of alkyl halides is 1. The van der Waals surface area contributed by atoms with Gasteiger partial charge in [0, 0.05) is 5.88 Å². The smallest absolute Gasteiger partial charge is 0.198 e. The molecule has 18 heavy (non-hydrogen) atoms. The van der Waals surface area contributed by atoms with Crippen LogP contribution in [0.2, 0.25) is 0 Å². The summed E-state index contributed by atoms with van der Waals surface area (Å²) in [5.74, 6) is -3.45. The van der Waals surface area contributed by atoms with Crippen molar-refractivity contribution in [1.82, 2.24) is 0 Å². The minimum Gasteiger partial charge on any atom is -0.448 e. The molecular weight excluding hydrogens is 265 g/mol. The van der Waals surface area contributed by atoms with Gasteiger partial charge >= 0.3 is 0 Å². The minimum atomic E-state index is -0.922. The summed E-state index contributed by atoms with van der Waals surface area (Å²) in [7, 11) is 0. The van der Waals surface area contributed by atoms with Gasteiger partial charge in [0.15, 0.2) is 29.0 Å². The molecule has 0 saturated heterocycles. The molecule has 0 aliphatic rings. The van der Waals surface area contributed by atoms with Crippen LogP contribution in [0.15, 0.2) is 36.4 Å². The maximum absolute atomic E-state index is 13.6. The second-order valence-electron chi connectivity index (χ2n) is 3.55. The summed E-state index contributed by atoms with van der Waals surface area (Å²) in [6, 6.07) is 7.47. The molecule has 0 heterocycles. The minimum absolute atomic E-state index is 0.0200. The Morgan fingerprint density at radius 1 is 0.944 bits per heavy atom. The number of ether oxygens (including phenoxy) is 1. The van der Waals surface area contributed by atoms with E-state index in [2.05, 4.69) is 0 Å². The van der Waals surface area contributed by atoms with Gasteiger partial charge in [-0.2, -0.15) is 0 Å². The predicted octanol–water partition coefficient (Wildman–Crippen LogP) is 4.64. The van der Waals surface area contributed by atoms with E-state index in [1.807, 2.05) is 0 Å². The van der Waals surface area contributed by atoms with Crippen molar-refractivity contribution in [2.24, 2.45) is 0 Å². The summed E-state index contributed by atoms with van der Waals surface area (Å²) in [5, 5.41) is 0. The van der Waals surface area contributed by atoms with Gasteiger partial charge in [0.25, 0.3) is 0 Å². The Bertz CT molecular complexity index is 549. The van der Waals surface area contributed by atoms with E-state index in [1.54, 1.807) is 0 Å². The number of halogens is 4. The van der Waals surface area contributed by atoms with Crippen molar-refractivity contribution in [2.45, 2.75) is 5.88 Å². The largest absolute Gasteiger partial charge is 0.448 e. The maximum Gasteiger partial charge on any atom is 0.198 e. The van der Waals surface area contributed by atoms with Gasteiger partial charge in [0.05, 0.1) is 0 Å². The summed E-state index contributed by atoms with van der Waals surface area (Å²) in [5.41, 5.74) is 0.285. The molecule has 0 atom stereocenters. The molecule has 2 aromatic carbocycles. The van der Waals surface area contributed by atoms with Crippen LogP contribution >= 0.6 is 11.6 Å². The third-order valence-electron chi connectivity index (χ3n) is 2.26. The summed E-state index contributed by atoms with van der Waals surface area (Å²) in [6.07, 6.45) is 0. The van der Waals surface area contributed by atoms with Gasteiger partial charge in [-0.25, -0.2) is 13.2 Å². The highest BCUT2D eigenvalue weighted by atomic mass is 35.5. The zero-order valence-electron chi connectivity index (χ0n) is 9.09. The standard InChI is InChI=1S/C13H8ClF3O/c14-7-8-5-10(16)13(11(17)6-8)18-12-4-2-1-3-9(12)15/h1-6H,7H2. The molecule has 0 N–H and O–H groups in total. The van der Waals surface area contributed by atoms with Crippen molar-refractivity contribution in [3.8, 4) is 11.5 Å². The molecular formula is C13H8ClF3O. The molecule has 2 aromatic rings. The molecule has 0 amide bonds. The lowest BCUT2D eigenvalue weighted by atomic mass is 10.2. The molecule has 0 unspecified atom stereocenters. The van der Waals surface area contributed by atoms with Crippen molar-refractivity contribution in [3.05, 3.63) is 59.4 Å². The third-order valence-corrected chi connectivity index (χ3v) is 2.57. The maximum atomic E-state index is 13.6. The fraction of sp³-hybridized carbons (Fsp3) is 0.0769. The number of benzene rings is 2. The first-order chi connectivity index (χ1) is 8.61. The lowest BCUT2D eigenvalue weighted by Gasteiger charge is -2.09. The van der Waals surface area contributed by atoms with E-state index in [0.717, 1.165) is 18.2 Å². The Balaban J connectivity index is 2.38. The Hall–Kier alpha value is -1.68. The molecule has 0 aromatic heterocycles. The molecule has 0 aliphatic heterocycles. The Morgan fingerprint density at radius 2 is 1.56 bits per heavy atom. The Labute approximate surface area is 107 Å². The van der Waals surface area contributed by atoms with Gasteiger partial charge in [0.2, 0.25) is 0 Å². The summed E-state index contributed by atoms with van der Waals surface area (Å²) < 4.78 is 45.3. The van der Waals surface area contributed by atoms with E-state index in [4.69, 9.17) is 16.3 Å². The van der Waals surface area contributed by atoms with Gasteiger partial charge in [-0.3, -0.25) is 0 Å². The highest BCUT2D eigenvalue weighted by Gasteiger charge is 2.15. The molecule has 1 nitrogen and oxygen atoms in total.